The highest BCUT2D eigenvalue weighted by Crippen LogP contribution is 2.13. The molecule has 0 saturated heterocycles. The summed E-state index contributed by atoms with van der Waals surface area (Å²) in [6.45, 7) is 0.215. The number of carbonyl (C=O) groups excluding carboxylic acids is 1. The summed E-state index contributed by atoms with van der Waals surface area (Å²) >= 11 is 5.94. The minimum atomic E-state index is -0.174. The Morgan fingerprint density at radius 1 is 1.13 bits per heavy atom. The molecule has 5 nitrogen and oxygen atoms in total. The van der Waals surface area contributed by atoms with Crippen LogP contribution in [0.4, 0.5) is 0 Å². The molecule has 6 heteroatoms. The summed E-state index contributed by atoms with van der Waals surface area (Å²) in [5.41, 5.74) is 1.58. The number of halogens is 1. The van der Waals surface area contributed by atoms with Crippen molar-refractivity contribution in [3.05, 3.63) is 82.5 Å². The maximum absolute atomic E-state index is 11.9. The summed E-state index contributed by atoms with van der Waals surface area (Å²) in [5, 5.41) is 7.29. The van der Waals surface area contributed by atoms with E-state index in [0.717, 1.165) is 5.56 Å². The molecule has 0 bridgehead atoms. The zero-order valence-corrected chi connectivity index (χ0v) is 13.0. The van der Waals surface area contributed by atoms with Crippen LogP contribution in [0.2, 0.25) is 5.02 Å². The van der Waals surface area contributed by atoms with E-state index in [2.05, 4.69) is 15.5 Å². The first kappa shape index (κ1) is 15.2. The molecule has 0 fully saturated rings. The fourth-order valence-corrected chi connectivity index (χ4v) is 2.32. The molecular weight excluding hydrogens is 314 g/mol. The number of nitrogens with one attached hydrogen (secondary N) is 1. The molecule has 1 aromatic heterocycles. The van der Waals surface area contributed by atoms with E-state index in [1.807, 2.05) is 42.5 Å². The number of amides is 1. The Morgan fingerprint density at radius 3 is 2.74 bits per heavy atom. The summed E-state index contributed by atoms with van der Waals surface area (Å²) in [5.74, 6) is 0.745. The summed E-state index contributed by atoms with van der Waals surface area (Å²) in [6.07, 6.45) is 0.500. The number of hydrogen-bond donors (Lipinski definition) is 1. The minimum Gasteiger partial charge on any atom is -0.345 e. The Morgan fingerprint density at radius 2 is 1.96 bits per heavy atom. The predicted octanol–water partition coefficient (Wildman–Crippen LogP) is 3.24. The molecule has 0 atom stereocenters. The molecule has 3 rings (SSSR count). The summed E-state index contributed by atoms with van der Waals surface area (Å²) < 4.78 is 5.19. The van der Waals surface area contributed by atoms with Gasteiger partial charge in [-0.3, -0.25) is 4.79 Å². The van der Waals surface area contributed by atoms with E-state index in [-0.39, 0.29) is 12.5 Å². The number of hydrogen-bond acceptors (Lipinski definition) is 4. The Kier molecular flexibility index (Phi) is 4.68. The highest BCUT2D eigenvalue weighted by Gasteiger charge is 2.10. The summed E-state index contributed by atoms with van der Waals surface area (Å²) in [7, 11) is 0. The quantitative estimate of drug-likeness (QED) is 0.781. The number of nitrogens with zero attached hydrogens (tertiary/aromatic N) is 2. The van der Waals surface area contributed by atoms with Crippen molar-refractivity contribution < 1.29 is 9.32 Å². The maximum Gasteiger partial charge on any atom is 0.251 e. The molecule has 1 amide bonds. The van der Waals surface area contributed by atoms with Crippen molar-refractivity contribution in [1.82, 2.24) is 15.5 Å². The fourth-order valence-electron chi connectivity index (χ4n) is 2.11. The SMILES string of the molecule is O=C(NCc1noc(Cc2cccc(Cl)c2)n1)c1ccccc1. The maximum atomic E-state index is 11.9. The fraction of sp³-hybridized carbons (Fsp3) is 0.118. The molecule has 116 valence electrons. The standard InChI is InChI=1S/C17H14ClN3O2/c18-14-8-4-5-12(9-14)10-16-20-15(21-23-16)11-19-17(22)13-6-2-1-3-7-13/h1-9H,10-11H2,(H,19,22). The van der Waals surface area contributed by atoms with Crippen molar-refractivity contribution in [3.8, 4) is 0 Å². The Balaban J connectivity index is 1.58. The number of aromatic nitrogens is 2. The van der Waals surface area contributed by atoms with Crippen LogP contribution in [0.1, 0.15) is 27.6 Å². The van der Waals surface area contributed by atoms with Crippen molar-refractivity contribution >= 4 is 17.5 Å². The summed E-state index contributed by atoms with van der Waals surface area (Å²) in [6, 6.07) is 16.4. The average Bonchev–Trinajstić information content (AvgIpc) is 3.01. The van der Waals surface area contributed by atoms with Crippen LogP contribution in [-0.4, -0.2) is 16.0 Å². The third kappa shape index (κ3) is 4.17. The van der Waals surface area contributed by atoms with Gasteiger partial charge in [0.05, 0.1) is 13.0 Å². The molecular formula is C17H14ClN3O2. The van der Waals surface area contributed by atoms with E-state index in [9.17, 15) is 4.79 Å². The van der Waals surface area contributed by atoms with E-state index in [0.29, 0.717) is 28.7 Å². The van der Waals surface area contributed by atoms with Crippen LogP contribution in [0.15, 0.2) is 59.1 Å². The van der Waals surface area contributed by atoms with Gasteiger partial charge in [-0.15, -0.1) is 0 Å². The molecule has 1 N–H and O–H groups in total. The lowest BCUT2D eigenvalue weighted by Gasteiger charge is -2.01. The molecule has 3 aromatic rings. The molecule has 1 heterocycles. The van der Waals surface area contributed by atoms with Gasteiger partial charge in [-0.1, -0.05) is 47.1 Å². The lowest BCUT2D eigenvalue weighted by molar-refractivity contribution is 0.0949. The van der Waals surface area contributed by atoms with Crippen LogP contribution in [0, 0.1) is 0 Å². The smallest absolute Gasteiger partial charge is 0.251 e. The van der Waals surface area contributed by atoms with Gasteiger partial charge in [-0.25, -0.2) is 0 Å². The first-order chi connectivity index (χ1) is 11.2. The monoisotopic (exact) mass is 327 g/mol. The third-order valence-electron chi connectivity index (χ3n) is 3.20. The van der Waals surface area contributed by atoms with Gasteiger partial charge < -0.3 is 9.84 Å². The van der Waals surface area contributed by atoms with Crippen LogP contribution in [0.25, 0.3) is 0 Å². The number of rotatable bonds is 5. The molecule has 23 heavy (non-hydrogen) atoms. The molecule has 0 saturated carbocycles. The van der Waals surface area contributed by atoms with Crippen LogP contribution in [0.3, 0.4) is 0 Å². The average molecular weight is 328 g/mol. The third-order valence-corrected chi connectivity index (χ3v) is 3.43. The highest BCUT2D eigenvalue weighted by atomic mass is 35.5. The van der Waals surface area contributed by atoms with Gasteiger partial charge in [0, 0.05) is 10.6 Å². The molecule has 0 aliphatic carbocycles. The van der Waals surface area contributed by atoms with Gasteiger partial charge in [0.15, 0.2) is 5.82 Å². The Labute approximate surface area is 138 Å². The second-order valence-electron chi connectivity index (χ2n) is 4.96. The van der Waals surface area contributed by atoms with Crippen LogP contribution in [-0.2, 0) is 13.0 Å². The van der Waals surface area contributed by atoms with Crippen molar-refractivity contribution in [2.45, 2.75) is 13.0 Å². The number of benzene rings is 2. The molecule has 0 aliphatic rings. The second kappa shape index (κ2) is 7.07. The Hall–Kier alpha value is -2.66. The number of carbonyl (C=O) groups is 1. The van der Waals surface area contributed by atoms with Crippen LogP contribution < -0.4 is 5.32 Å². The zero-order chi connectivity index (χ0) is 16.1. The van der Waals surface area contributed by atoms with Crippen LogP contribution >= 0.6 is 11.6 Å². The van der Waals surface area contributed by atoms with E-state index in [1.165, 1.54) is 0 Å². The van der Waals surface area contributed by atoms with E-state index < -0.39 is 0 Å². The normalized spacial score (nSPS) is 10.5. The van der Waals surface area contributed by atoms with Gasteiger partial charge in [-0.05, 0) is 29.8 Å². The minimum absolute atomic E-state index is 0.174. The van der Waals surface area contributed by atoms with Gasteiger partial charge in [0.1, 0.15) is 0 Å². The van der Waals surface area contributed by atoms with Gasteiger partial charge in [-0.2, -0.15) is 4.98 Å². The molecule has 0 aliphatic heterocycles. The van der Waals surface area contributed by atoms with E-state index >= 15 is 0 Å². The zero-order valence-electron chi connectivity index (χ0n) is 12.2. The lowest BCUT2D eigenvalue weighted by Crippen LogP contribution is -2.23. The lowest BCUT2D eigenvalue weighted by atomic mass is 10.1. The topological polar surface area (TPSA) is 68.0 Å². The summed E-state index contributed by atoms with van der Waals surface area (Å²) in [4.78, 5) is 16.2. The predicted molar refractivity (Wildman–Crippen MR) is 86.2 cm³/mol. The highest BCUT2D eigenvalue weighted by molar-refractivity contribution is 6.30. The van der Waals surface area contributed by atoms with Gasteiger partial charge in [0.2, 0.25) is 5.89 Å². The van der Waals surface area contributed by atoms with E-state index in [1.54, 1.807) is 12.1 Å². The molecule has 0 unspecified atom stereocenters. The molecule has 0 spiro atoms. The van der Waals surface area contributed by atoms with Crippen LogP contribution in [0.5, 0.6) is 0 Å². The van der Waals surface area contributed by atoms with Crippen molar-refractivity contribution in [2.24, 2.45) is 0 Å². The Bertz CT molecular complexity index is 802. The van der Waals surface area contributed by atoms with Crippen molar-refractivity contribution in [3.63, 3.8) is 0 Å². The van der Waals surface area contributed by atoms with Crippen molar-refractivity contribution in [1.29, 1.82) is 0 Å². The second-order valence-corrected chi connectivity index (χ2v) is 5.40. The molecule has 2 aromatic carbocycles. The first-order valence-electron chi connectivity index (χ1n) is 7.10. The largest absolute Gasteiger partial charge is 0.345 e. The molecule has 0 radical (unpaired) electrons. The van der Waals surface area contributed by atoms with Gasteiger partial charge in [0.25, 0.3) is 5.91 Å². The van der Waals surface area contributed by atoms with Gasteiger partial charge >= 0.3 is 0 Å². The first-order valence-corrected chi connectivity index (χ1v) is 7.47. The van der Waals surface area contributed by atoms with E-state index in [4.69, 9.17) is 16.1 Å². The van der Waals surface area contributed by atoms with Crippen molar-refractivity contribution in [2.75, 3.05) is 0 Å².